The van der Waals surface area contributed by atoms with E-state index in [1.807, 2.05) is 0 Å². The second-order valence-electron chi connectivity index (χ2n) is 7.55. The summed E-state index contributed by atoms with van der Waals surface area (Å²) in [6.07, 6.45) is -14.7. The van der Waals surface area contributed by atoms with Crippen LogP contribution in [0.3, 0.4) is 0 Å². The van der Waals surface area contributed by atoms with Crippen LogP contribution in [0.15, 0.2) is 24.3 Å². The van der Waals surface area contributed by atoms with E-state index >= 15 is 0 Å². The maximum absolute atomic E-state index is 12.6. The van der Waals surface area contributed by atoms with Crippen molar-refractivity contribution in [2.45, 2.75) is 63.9 Å². The van der Waals surface area contributed by atoms with Gasteiger partial charge in [0.25, 0.3) is 16.2 Å². The van der Waals surface area contributed by atoms with Crippen LogP contribution in [0.4, 0.5) is 26.3 Å². The SMILES string of the molecule is CCC(CC(C)C(=O)OC(C(F)(F)F)C(F)(F)F)c1ccc(OCCCCS(=O)(=O)O)cc1. The monoisotopic (exact) mass is 508 g/mol. The Balaban J connectivity index is 2.67. The molecule has 1 aromatic carbocycles. The van der Waals surface area contributed by atoms with E-state index in [2.05, 4.69) is 4.74 Å². The molecule has 0 heterocycles. The van der Waals surface area contributed by atoms with Crippen molar-refractivity contribution in [3.05, 3.63) is 29.8 Å². The number of esters is 1. The van der Waals surface area contributed by atoms with Gasteiger partial charge >= 0.3 is 18.3 Å². The Morgan fingerprint density at radius 3 is 2.03 bits per heavy atom. The lowest BCUT2D eigenvalue weighted by Crippen LogP contribution is -2.46. The maximum Gasteiger partial charge on any atom is 0.434 e. The standard InChI is InChI=1S/C20H26F6O6S/c1-3-14(12-13(2)17(27)32-18(19(21,22)23)20(24,25)26)15-6-8-16(9-7-15)31-10-4-5-11-33(28,29)30/h6-9,13-14,18H,3-5,10-12H2,1-2H3,(H,28,29,30). The zero-order valence-electron chi connectivity index (χ0n) is 17.9. The molecule has 0 spiro atoms. The molecule has 0 aromatic heterocycles. The van der Waals surface area contributed by atoms with Gasteiger partial charge in [-0.25, -0.2) is 0 Å². The number of halogens is 6. The lowest BCUT2D eigenvalue weighted by atomic mass is 9.87. The van der Waals surface area contributed by atoms with Gasteiger partial charge in [-0.05, 0) is 49.3 Å². The van der Waals surface area contributed by atoms with Crippen LogP contribution < -0.4 is 4.74 Å². The van der Waals surface area contributed by atoms with E-state index in [9.17, 15) is 39.6 Å². The molecule has 0 fully saturated rings. The lowest BCUT2D eigenvalue weighted by Gasteiger charge is -2.25. The van der Waals surface area contributed by atoms with Crippen molar-refractivity contribution in [1.82, 2.24) is 0 Å². The average Bonchev–Trinajstić information content (AvgIpc) is 2.67. The van der Waals surface area contributed by atoms with E-state index in [4.69, 9.17) is 9.29 Å². The van der Waals surface area contributed by atoms with Crippen LogP contribution in [0.5, 0.6) is 5.75 Å². The molecule has 6 nitrogen and oxygen atoms in total. The predicted molar refractivity (Wildman–Crippen MR) is 106 cm³/mol. The molecule has 13 heteroatoms. The largest absolute Gasteiger partial charge is 0.494 e. The zero-order chi connectivity index (χ0) is 25.4. The molecule has 1 rings (SSSR count). The average molecular weight is 508 g/mol. The first-order valence-corrected chi connectivity index (χ1v) is 11.7. The summed E-state index contributed by atoms with van der Waals surface area (Å²) in [4.78, 5) is 11.9. The van der Waals surface area contributed by atoms with Gasteiger partial charge in [0.2, 0.25) is 0 Å². The van der Waals surface area contributed by atoms with E-state index in [0.29, 0.717) is 24.2 Å². The second kappa shape index (κ2) is 11.9. The molecule has 2 unspecified atom stereocenters. The number of rotatable bonds is 12. The fraction of sp³-hybridized carbons (Fsp3) is 0.650. The Hall–Kier alpha value is -2.02. The third kappa shape index (κ3) is 10.6. The lowest BCUT2D eigenvalue weighted by molar-refractivity contribution is -0.314. The van der Waals surface area contributed by atoms with Crippen LogP contribution >= 0.6 is 0 Å². The maximum atomic E-state index is 12.6. The molecule has 0 amide bonds. The van der Waals surface area contributed by atoms with Crippen molar-refractivity contribution in [2.75, 3.05) is 12.4 Å². The van der Waals surface area contributed by atoms with Crippen LogP contribution in [-0.2, 0) is 19.6 Å². The predicted octanol–water partition coefficient (Wildman–Crippen LogP) is 5.29. The van der Waals surface area contributed by atoms with Crippen molar-refractivity contribution in [1.29, 1.82) is 0 Å². The first-order chi connectivity index (χ1) is 15.0. The fourth-order valence-electron chi connectivity index (χ4n) is 3.03. The Morgan fingerprint density at radius 2 is 1.58 bits per heavy atom. The number of ether oxygens (including phenoxy) is 2. The van der Waals surface area contributed by atoms with Crippen LogP contribution in [0.1, 0.15) is 51.0 Å². The summed E-state index contributed by atoms with van der Waals surface area (Å²) in [5, 5.41) is 0. The van der Waals surface area contributed by atoms with E-state index in [1.165, 1.54) is 6.92 Å². The van der Waals surface area contributed by atoms with Gasteiger partial charge in [0.05, 0.1) is 18.3 Å². The number of hydrogen-bond donors (Lipinski definition) is 1. The Labute approximate surface area is 188 Å². The highest BCUT2D eigenvalue weighted by Crippen LogP contribution is 2.37. The quantitative estimate of drug-likeness (QED) is 0.179. The van der Waals surface area contributed by atoms with Gasteiger partial charge in [0, 0.05) is 0 Å². The third-order valence-electron chi connectivity index (χ3n) is 4.78. The van der Waals surface area contributed by atoms with Gasteiger partial charge in [-0.15, -0.1) is 0 Å². The summed E-state index contributed by atoms with van der Waals surface area (Å²) in [5.74, 6) is -3.03. The number of carbonyl (C=O) groups excluding carboxylic acids is 1. The van der Waals surface area contributed by atoms with Gasteiger partial charge < -0.3 is 9.47 Å². The van der Waals surface area contributed by atoms with Gasteiger partial charge in [-0.2, -0.15) is 34.8 Å². The van der Waals surface area contributed by atoms with Gasteiger partial charge in [0.1, 0.15) is 5.75 Å². The number of alkyl halides is 6. The summed E-state index contributed by atoms with van der Waals surface area (Å²) >= 11 is 0. The summed E-state index contributed by atoms with van der Waals surface area (Å²) in [5.41, 5.74) is 0.707. The van der Waals surface area contributed by atoms with Gasteiger partial charge in [-0.3, -0.25) is 9.35 Å². The topological polar surface area (TPSA) is 89.9 Å². The molecular formula is C20H26F6O6S. The van der Waals surface area contributed by atoms with Gasteiger partial charge in [-0.1, -0.05) is 26.0 Å². The molecule has 2 atom stereocenters. The molecule has 1 aromatic rings. The third-order valence-corrected chi connectivity index (χ3v) is 5.58. The number of benzene rings is 1. The molecular weight excluding hydrogens is 482 g/mol. The summed E-state index contributed by atoms with van der Waals surface area (Å²) < 4.78 is 115. The minimum absolute atomic E-state index is 0.0202. The highest BCUT2D eigenvalue weighted by molar-refractivity contribution is 7.85. The smallest absolute Gasteiger partial charge is 0.434 e. The summed E-state index contributed by atoms with van der Waals surface area (Å²) in [6.45, 7) is 3.17. The number of hydrogen-bond acceptors (Lipinski definition) is 5. The van der Waals surface area contributed by atoms with Crippen molar-refractivity contribution in [2.24, 2.45) is 5.92 Å². The fourth-order valence-corrected chi connectivity index (χ4v) is 3.59. The first-order valence-electron chi connectivity index (χ1n) is 10.1. The molecule has 0 bridgehead atoms. The van der Waals surface area contributed by atoms with Crippen LogP contribution in [0.25, 0.3) is 0 Å². The molecule has 190 valence electrons. The number of carbonyl (C=O) groups is 1. The molecule has 0 radical (unpaired) electrons. The minimum Gasteiger partial charge on any atom is -0.494 e. The highest BCUT2D eigenvalue weighted by atomic mass is 32.2. The van der Waals surface area contributed by atoms with E-state index in [1.54, 1.807) is 31.2 Å². The normalized spacial score (nSPS) is 14.7. The molecule has 0 saturated heterocycles. The van der Waals surface area contributed by atoms with Crippen molar-refractivity contribution < 1.29 is 53.6 Å². The minimum atomic E-state index is -5.76. The van der Waals surface area contributed by atoms with Gasteiger partial charge in [0.15, 0.2) is 0 Å². The highest BCUT2D eigenvalue weighted by Gasteiger charge is 2.60. The number of unbranched alkanes of at least 4 members (excludes halogenated alkanes) is 1. The Bertz CT molecular complexity index is 837. The van der Waals surface area contributed by atoms with E-state index < -0.39 is 40.5 Å². The summed E-state index contributed by atoms with van der Waals surface area (Å²) in [6, 6.07) is 6.53. The Morgan fingerprint density at radius 1 is 1.03 bits per heavy atom. The zero-order valence-corrected chi connectivity index (χ0v) is 18.8. The molecule has 0 saturated carbocycles. The molecule has 0 aliphatic carbocycles. The second-order valence-corrected chi connectivity index (χ2v) is 9.12. The Kier molecular flexibility index (Phi) is 10.5. The van der Waals surface area contributed by atoms with Crippen molar-refractivity contribution in [3.8, 4) is 5.75 Å². The van der Waals surface area contributed by atoms with Crippen LogP contribution in [0, 0.1) is 5.92 Å². The molecule has 33 heavy (non-hydrogen) atoms. The van der Waals surface area contributed by atoms with Crippen molar-refractivity contribution >= 4 is 16.1 Å². The molecule has 1 N–H and O–H groups in total. The molecule has 0 aliphatic rings. The van der Waals surface area contributed by atoms with Crippen LogP contribution in [-0.4, -0.2) is 49.8 Å². The van der Waals surface area contributed by atoms with Crippen LogP contribution in [0.2, 0.25) is 0 Å². The van der Waals surface area contributed by atoms with E-state index in [0.717, 1.165) is 0 Å². The van der Waals surface area contributed by atoms with E-state index in [-0.39, 0.29) is 31.1 Å². The van der Waals surface area contributed by atoms with Crippen molar-refractivity contribution in [3.63, 3.8) is 0 Å². The summed E-state index contributed by atoms with van der Waals surface area (Å²) in [7, 11) is -4.02. The first kappa shape index (κ1) is 29.0. The molecule has 0 aliphatic heterocycles.